The topological polar surface area (TPSA) is 120 Å². The molecule has 1 aliphatic rings. The molecule has 0 aliphatic carbocycles. The maximum Gasteiger partial charge on any atom is 0.420 e. The van der Waals surface area contributed by atoms with Crippen LogP contribution in [0.3, 0.4) is 0 Å². The minimum atomic E-state index is -0.723. The van der Waals surface area contributed by atoms with Crippen LogP contribution >= 0.6 is 0 Å². The Bertz CT molecular complexity index is 912. The highest BCUT2D eigenvalue weighted by Crippen LogP contribution is 2.20. The van der Waals surface area contributed by atoms with E-state index in [4.69, 9.17) is 9.15 Å². The summed E-state index contributed by atoms with van der Waals surface area (Å²) in [6.45, 7) is 7.47. The zero-order valence-electron chi connectivity index (χ0n) is 15.9. The van der Waals surface area contributed by atoms with E-state index in [1.807, 2.05) is 0 Å². The van der Waals surface area contributed by atoms with Crippen LogP contribution in [0.5, 0.6) is 0 Å². The van der Waals surface area contributed by atoms with Gasteiger partial charge in [0.2, 0.25) is 5.91 Å². The van der Waals surface area contributed by atoms with Crippen LogP contribution in [0.1, 0.15) is 13.8 Å². The van der Waals surface area contributed by atoms with E-state index in [-0.39, 0.29) is 29.8 Å². The minimum Gasteiger partial charge on any atom is -0.407 e. The first-order chi connectivity index (χ1) is 13.4. The molecule has 1 aromatic heterocycles. The molecule has 10 heteroatoms. The largest absolute Gasteiger partial charge is 0.420 e. The van der Waals surface area contributed by atoms with E-state index < -0.39 is 10.7 Å². The SMILES string of the molecule is CC(C)C(CNC(=O)Cn1c(=O)oc2cc([N+](=O)[O-])ccc21)N1CCOCC1. The number of carbonyl (C=O) groups is 1. The van der Waals surface area contributed by atoms with Crippen LogP contribution in [0, 0.1) is 16.0 Å². The van der Waals surface area contributed by atoms with Gasteiger partial charge >= 0.3 is 5.76 Å². The lowest BCUT2D eigenvalue weighted by atomic mass is 10.0. The van der Waals surface area contributed by atoms with E-state index >= 15 is 0 Å². The lowest BCUT2D eigenvalue weighted by Crippen LogP contribution is -2.51. The summed E-state index contributed by atoms with van der Waals surface area (Å²) in [7, 11) is 0. The Kier molecular flexibility index (Phi) is 6.10. The predicted molar refractivity (Wildman–Crippen MR) is 101 cm³/mol. The Morgan fingerprint density at radius 3 is 2.68 bits per heavy atom. The number of ether oxygens (including phenoxy) is 1. The first kappa shape index (κ1) is 20.0. The Hall–Kier alpha value is -2.72. The number of morpholine rings is 1. The number of non-ortho nitro benzene ring substituents is 1. The van der Waals surface area contributed by atoms with Crippen molar-refractivity contribution in [3.05, 3.63) is 38.9 Å². The number of rotatable bonds is 7. The molecule has 3 rings (SSSR count). The molecule has 0 bridgehead atoms. The normalized spacial score (nSPS) is 16.4. The molecule has 1 aromatic carbocycles. The fourth-order valence-electron chi connectivity index (χ4n) is 3.43. The number of nitro groups is 1. The summed E-state index contributed by atoms with van der Waals surface area (Å²) in [5, 5.41) is 13.7. The molecular formula is C18H24N4O6. The number of amides is 1. The number of nitro benzene ring substituents is 1. The van der Waals surface area contributed by atoms with Crippen molar-refractivity contribution in [3.8, 4) is 0 Å². The van der Waals surface area contributed by atoms with Crippen LogP contribution in [0.15, 0.2) is 27.4 Å². The van der Waals surface area contributed by atoms with Crippen LogP contribution in [-0.4, -0.2) is 59.2 Å². The summed E-state index contributed by atoms with van der Waals surface area (Å²) in [5.74, 6) is -0.697. The van der Waals surface area contributed by atoms with E-state index in [1.165, 1.54) is 22.8 Å². The maximum atomic E-state index is 12.4. The van der Waals surface area contributed by atoms with Crippen LogP contribution in [0.2, 0.25) is 0 Å². The second-order valence-electron chi connectivity index (χ2n) is 7.13. The van der Waals surface area contributed by atoms with Crippen LogP contribution in [0.25, 0.3) is 11.1 Å². The van der Waals surface area contributed by atoms with Gasteiger partial charge in [0.25, 0.3) is 5.69 Å². The molecule has 28 heavy (non-hydrogen) atoms. The lowest BCUT2D eigenvalue weighted by Gasteiger charge is -2.36. The minimum absolute atomic E-state index is 0.0837. The lowest BCUT2D eigenvalue weighted by molar-refractivity contribution is -0.384. The van der Waals surface area contributed by atoms with Gasteiger partial charge in [-0.2, -0.15) is 0 Å². The Morgan fingerprint density at radius 2 is 2.04 bits per heavy atom. The standard InChI is InChI=1S/C18H24N4O6/c1-12(2)15(20-5-7-27-8-6-20)10-19-17(23)11-21-14-4-3-13(22(25)26)9-16(14)28-18(21)24/h3-4,9,12,15H,5-8,10-11H2,1-2H3,(H,19,23). The highest BCUT2D eigenvalue weighted by molar-refractivity contribution is 5.80. The molecule has 1 atom stereocenters. The van der Waals surface area contributed by atoms with Gasteiger partial charge < -0.3 is 14.5 Å². The summed E-state index contributed by atoms with van der Waals surface area (Å²) in [6.07, 6.45) is 0. The molecule has 1 amide bonds. The van der Waals surface area contributed by atoms with Crippen molar-refractivity contribution in [1.82, 2.24) is 14.8 Å². The zero-order valence-corrected chi connectivity index (χ0v) is 15.9. The number of nitrogens with zero attached hydrogens (tertiary/aromatic N) is 3. The fourth-order valence-corrected chi connectivity index (χ4v) is 3.43. The van der Waals surface area contributed by atoms with Gasteiger partial charge in [0.05, 0.1) is 29.7 Å². The Labute approximate surface area is 161 Å². The molecule has 1 saturated heterocycles. The third-order valence-corrected chi connectivity index (χ3v) is 4.96. The molecule has 152 valence electrons. The van der Waals surface area contributed by atoms with Crippen molar-refractivity contribution in [1.29, 1.82) is 0 Å². The van der Waals surface area contributed by atoms with E-state index in [9.17, 15) is 19.7 Å². The molecule has 1 unspecified atom stereocenters. The molecular weight excluding hydrogens is 368 g/mol. The van der Waals surface area contributed by atoms with E-state index in [0.717, 1.165) is 13.1 Å². The molecule has 2 heterocycles. The van der Waals surface area contributed by atoms with Gasteiger partial charge in [-0.25, -0.2) is 4.79 Å². The van der Waals surface area contributed by atoms with Crippen molar-refractivity contribution < 1.29 is 18.9 Å². The van der Waals surface area contributed by atoms with Gasteiger partial charge in [0.15, 0.2) is 5.58 Å². The van der Waals surface area contributed by atoms with Gasteiger partial charge in [0, 0.05) is 31.7 Å². The molecule has 0 radical (unpaired) electrons. The van der Waals surface area contributed by atoms with E-state index in [1.54, 1.807) is 0 Å². The van der Waals surface area contributed by atoms with Crippen molar-refractivity contribution in [2.45, 2.75) is 26.4 Å². The summed E-state index contributed by atoms with van der Waals surface area (Å²) in [4.78, 5) is 37.1. The van der Waals surface area contributed by atoms with Crippen molar-refractivity contribution in [3.63, 3.8) is 0 Å². The summed E-state index contributed by atoms with van der Waals surface area (Å²) >= 11 is 0. The summed E-state index contributed by atoms with van der Waals surface area (Å²) in [6, 6.07) is 4.04. The third-order valence-electron chi connectivity index (χ3n) is 4.96. The highest BCUT2D eigenvalue weighted by Gasteiger charge is 2.24. The maximum absolute atomic E-state index is 12.4. The average molecular weight is 392 g/mol. The smallest absolute Gasteiger partial charge is 0.407 e. The van der Waals surface area contributed by atoms with Gasteiger partial charge in [0.1, 0.15) is 6.54 Å². The molecule has 2 aromatic rings. The van der Waals surface area contributed by atoms with Gasteiger partial charge in [-0.3, -0.25) is 24.4 Å². The van der Waals surface area contributed by atoms with Crippen LogP contribution in [-0.2, 0) is 16.1 Å². The molecule has 10 nitrogen and oxygen atoms in total. The second kappa shape index (κ2) is 8.53. The number of benzene rings is 1. The zero-order chi connectivity index (χ0) is 20.3. The Balaban J connectivity index is 1.68. The fraction of sp³-hybridized carbons (Fsp3) is 0.556. The highest BCUT2D eigenvalue weighted by atomic mass is 16.6. The number of fused-ring (bicyclic) bond motifs is 1. The third kappa shape index (κ3) is 4.39. The average Bonchev–Trinajstić information content (AvgIpc) is 2.97. The number of oxazole rings is 1. The quantitative estimate of drug-likeness (QED) is 0.551. The van der Waals surface area contributed by atoms with Gasteiger partial charge in [-0.15, -0.1) is 0 Å². The number of nitrogens with one attached hydrogen (secondary N) is 1. The van der Waals surface area contributed by atoms with E-state index in [2.05, 4.69) is 24.1 Å². The molecule has 1 fully saturated rings. The predicted octanol–water partition coefficient (Wildman–Crippen LogP) is 0.976. The van der Waals surface area contributed by atoms with Crippen molar-refractivity contribution in [2.24, 2.45) is 5.92 Å². The summed E-state index contributed by atoms with van der Waals surface area (Å²) < 4.78 is 11.6. The first-order valence-electron chi connectivity index (χ1n) is 9.23. The summed E-state index contributed by atoms with van der Waals surface area (Å²) in [5.41, 5.74) is 0.253. The number of hydrogen-bond acceptors (Lipinski definition) is 7. The molecule has 1 aliphatic heterocycles. The molecule has 0 saturated carbocycles. The Morgan fingerprint density at radius 1 is 1.32 bits per heavy atom. The van der Waals surface area contributed by atoms with Crippen LogP contribution < -0.4 is 11.1 Å². The van der Waals surface area contributed by atoms with Crippen molar-refractivity contribution in [2.75, 3.05) is 32.8 Å². The van der Waals surface area contributed by atoms with Crippen molar-refractivity contribution >= 4 is 22.7 Å². The first-order valence-corrected chi connectivity index (χ1v) is 9.23. The molecule has 0 spiro atoms. The number of aromatic nitrogens is 1. The monoisotopic (exact) mass is 392 g/mol. The molecule has 1 N–H and O–H groups in total. The number of carbonyl (C=O) groups excluding carboxylic acids is 1. The number of hydrogen-bond donors (Lipinski definition) is 1. The van der Waals surface area contributed by atoms with Gasteiger partial charge in [-0.1, -0.05) is 13.8 Å². The van der Waals surface area contributed by atoms with Crippen LogP contribution in [0.4, 0.5) is 5.69 Å². The van der Waals surface area contributed by atoms with E-state index in [0.29, 0.717) is 31.2 Å². The van der Waals surface area contributed by atoms with Gasteiger partial charge in [-0.05, 0) is 12.0 Å². The second-order valence-corrected chi connectivity index (χ2v) is 7.13.